The third-order valence-electron chi connectivity index (χ3n) is 2.64. The Morgan fingerprint density at radius 1 is 1.56 bits per heavy atom. The van der Waals surface area contributed by atoms with E-state index in [2.05, 4.69) is 35.1 Å². The Morgan fingerprint density at radius 2 is 2.25 bits per heavy atom. The standard InChI is InChI=1S/C12H18BrNO2/c1-8(2)11(4-6-13)14-12(15)10-5-7-16-9(10)3/h5,7-8,11H,4,6H2,1-3H3,(H,14,15). The highest BCUT2D eigenvalue weighted by Crippen LogP contribution is 2.12. The van der Waals surface area contributed by atoms with Crippen molar-refractivity contribution in [2.75, 3.05) is 5.33 Å². The van der Waals surface area contributed by atoms with Crippen molar-refractivity contribution < 1.29 is 9.21 Å². The number of aryl methyl sites for hydroxylation is 1. The number of furan rings is 1. The van der Waals surface area contributed by atoms with Crippen molar-refractivity contribution in [1.29, 1.82) is 0 Å². The first kappa shape index (κ1) is 13.3. The van der Waals surface area contributed by atoms with Crippen LogP contribution < -0.4 is 5.32 Å². The van der Waals surface area contributed by atoms with Gasteiger partial charge in [0.15, 0.2) is 0 Å². The first-order valence-electron chi connectivity index (χ1n) is 5.47. The lowest BCUT2D eigenvalue weighted by molar-refractivity contribution is 0.0923. The van der Waals surface area contributed by atoms with Crippen LogP contribution in [0, 0.1) is 12.8 Å². The lowest BCUT2D eigenvalue weighted by Crippen LogP contribution is -2.38. The molecule has 1 aromatic heterocycles. The zero-order valence-corrected chi connectivity index (χ0v) is 11.5. The minimum atomic E-state index is -0.0501. The average Bonchev–Trinajstić information content (AvgIpc) is 2.63. The van der Waals surface area contributed by atoms with E-state index in [1.165, 1.54) is 0 Å². The fourth-order valence-corrected chi connectivity index (χ4v) is 2.05. The SMILES string of the molecule is Cc1occc1C(=O)NC(CCBr)C(C)C. The van der Waals surface area contributed by atoms with Gasteiger partial charge in [-0.25, -0.2) is 0 Å². The minimum absolute atomic E-state index is 0.0501. The fourth-order valence-electron chi connectivity index (χ4n) is 1.56. The number of alkyl halides is 1. The van der Waals surface area contributed by atoms with Gasteiger partial charge in [0, 0.05) is 11.4 Å². The largest absolute Gasteiger partial charge is 0.469 e. The third-order valence-corrected chi connectivity index (χ3v) is 3.10. The van der Waals surface area contributed by atoms with Crippen molar-refractivity contribution in [2.24, 2.45) is 5.92 Å². The number of carbonyl (C=O) groups is 1. The first-order valence-corrected chi connectivity index (χ1v) is 6.59. The highest BCUT2D eigenvalue weighted by Gasteiger charge is 2.18. The van der Waals surface area contributed by atoms with Gasteiger partial charge in [-0.15, -0.1) is 0 Å². The number of halogens is 1. The Labute approximate surface area is 105 Å². The van der Waals surface area contributed by atoms with E-state index < -0.39 is 0 Å². The molecule has 1 amide bonds. The van der Waals surface area contributed by atoms with E-state index in [1.54, 1.807) is 19.3 Å². The third kappa shape index (κ3) is 3.37. The molecule has 0 spiro atoms. The fraction of sp³-hybridized carbons (Fsp3) is 0.583. The summed E-state index contributed by atoms with van der Waals surface area (Å²) in [4.78, 5) is 11.9. The summed E-state index contributed by atoms with van der Waals surface area (Å²) >= 11 is 3.40. The number of hydrogen-bond acceptors (Lipinski definition) is 2. The van der Waals surface area contributed by atoms with Crippen LogP contribution in [0.5, 0.6) is 0 Å². The summed E-state index contributed by atoms with van der Waals surface area (Å²) in [7, 11) is 0. The van der Waals surface area contributed by atoms with Gasteiger partial charge in [-0.2, -0.15) is 0 Å². The number of amides is 1. The van der Waals surface area contributed by atoms with E-state index in [0.717, 1.165) is 11.8 Å². The lowest BCUT2D eigenvalue weighted by Gasteiger charge is -2.21. The van der Waals surface area contributed by atoms with Crippen LogP contribution in [0.25, 0.3) is 0 Å². The average molecular weight is 288 g/mol. The van der Waals surface area contributed by atoms with Gasteiger partial charge < -0.3 is 9.73 Å². The van der Waals surface area contributed by atoms with Crippen molar-refractivity contribution in [2.45, 2.75) is 33.2 Å². The van der Waals surface area contributed by atoms with Gasteiger partial charge in [0.2, 0.25) is 0 Å². The van der Waals surface area contributed by atoms with Gasteiger partial charge in [-0.1, -0.05) is 29.8 Å². The molecule has 0 aliphatic carbocycles. The molecule has 16 heavy (non-hydrogen) atoms. The number of rotatable bonds is 5. The zero-order valence-electron chi connectivity index (χ0n) is 9.92. The van der Waals surface area contributed by atoms with E-state index >= 15 is 0 Å². The maximum atomic E-state index is 11.9. The zero-order chi connectivity index (χ0) is 12.1. The molecule has 1 unspecified atom stereocenters. The van der Waals surface area contributed by atoms with Crippen LogP contribution >= 0.6 is 15.9 Å². The van der Waals surface area contributed by atoms with Crippen LogP contribution in [0.1, 0.15) is 36.4 Å². The van der Waals surface area contributed by atoms with Crippen LogP contribution in [0.4, 0.5) is 0 Å². The second-order valence-electron chi connectivity index (χ2n) is 4.19. The smallest absolute Gasteiger partial charge is 0.255 e. The number of nitrogens with one attached hydrogen (secondary N) is 1. The quantitative estimate of drug-likeness (QED) is 0.846. The summed E-state index contributed by atoms with van der Waals surface area (Å²) in [6, 6.07) is 1.90. The van der Waals surface area contributed by atoms with Gasteiger partial charge in [0.1, 0.15) is 5.76 Å². The van der Waals surface area contributed by atoms with Gasteiger partial charge in [-0.3, -0.25) is 4.79 Å². The molecule has 0 fully saturated rings. The van der Waals surface area contributed by atoms with Crippen molar-refractivity contribution in [1.82, 2.24) is 5.32 Å². The molecule has 4 heteroatoms. The maximum Gasteiger partial charge on any atom is 0.255 e. The monoisotopic (exact) mass is 287 g/mol. The van der Waals surface area contributed by atoms with Crippen LogP contribution in [-0.2, 0) is 0 Å². The molecule has 90 valence electrons. The Hall–Kier alpha value is -0.770. The number of carbonyl (C=O) groups excluding carboxylic acids is 1. The molecule has 0 aromatic carbocycles. The maximum absolute atomic E-state index is 11.9. The van der Waals surface area contributed by atoms with Crippen LogP contribution in [-0.4, -0.2) is 17.3 Å². The van der Waals surface area contributed by atoms with E-state index in [1.807, 2.05) is 0 Å². The van der Waals surface area contributed by atoms with Gasteiger partial charge in [0.05, 0.1) is 11.8 Å². The predicted molar refractivity (Wildman–Crippen MR) is 67.9 cm³/mol. The van der Waals surface area contributed by atoms with E-state index in [4.69, 9.17) is 4.42 Å². The van der Waals surface area contributed by atoms with Crippen LogP contribution in [0.15, 0.2) is 16.7 Å². The second kappa shape index (κ2) is 6.09. The normalized spacial score (nSPS) is 12.8. The summed E-state index contributed by atoms with van der Waals surface area (Å²) in [5.41, 5.74) is 0.625. The molecule has 3 nitrogen and oxygen atoms in total. The molecule has 0 aliphatic heterocycles. The Kier molecular flexibility index (Phi) is 5.06. The predicted octanol–water partition coefficient (Wildman–Crippen LogP) is 3.13. The lowest BCUT2D eigenvalue weighted by atomic mass is 10.0. The Balaban J connectivity index is 2.65. The van der Waals surface area contributed by atoms with Gasteiger partial charge >= 0.3 is 0 Å². The summed E-state index contributed by atoms with van der Waals surface area (Å²) in [5.74, 6) is 1.04. The molecular weight excluding hydrogens is 270 g/mol. The topological polar surface area (TPSA) is 42.2 Å². The molecule has 1 rings (SSSR count). The molecule has 0 saturated heterocycles. The molecule has 0 bridgehead atoms. The molecular formula is C12H18BrNO2. The highest BCUT2D eigenvalue weighted by atomic mass is 79.9. The summed E-state index contributed by atoms with van der Waals surface area (Å²) in [6.07, 6.45) is 2.47. The Bertz CT molecular complexity index is 347. The Morgan fingerprint density at radius 3 is 2.69 bits per heavy atom. The van der Waals surface area contributed by atoms with Gasteiger partial charge in [0.25, 0.3) is 5.91 Å². The van der Waals surface area contributed by atoms with E-state index in [0.29, 0.717) is 17.2 Å². The molecule has 1 N–H and O–H groups in total. The summed E-state index contributed by atoms with van der Waals surface area (Å²) < 4.78 is 5.12. The van der Waals surface area contributed by atoms with Crippen molar-refractivity contribution >= 4 is 21.8 Å². The first-order chi connectivity index (χ1) is 7.56. The summed E-state index contributed by atoms with van der Waals surface area (Å²) in [6.45, 7) is 6.01. The molecule has 0 saturated carbocycles. The molecule has 1 aromatic rings. The van der Waals surface area contributed by atoms with Crippen molar-refractivity contribution in [3.63, 3.8) is 0 Å². The van der Waals surface area contributed by atoms with Crippen LogP contribution in [0.2, 0.25) is 0 Å². The second-order valence-corrected chi connectivity index (χ2v) is 4.99. The minimum Gasteiger partial charge on any atom is -0.469 e. The van der Waals surface area contributed by atoms with E-state index in [9.17, 15) is 4.79 Å². The summed E-state index contributed by atoms with van der Waals surface area (Å²) in [5, 5.41) is 3.92. The van der Waals surface area contributed by atoms with E-state index in [-0.39, 0.29) is 11.9 Å². The number of hydrogen-bond donors (Lipinski definition) is 1. The van der Waals surface area contributed by atoms with Crippen molar-refractivity contribution in [3.8, 4) is 0 Å². The van der Waals surface area contributed by atoms with Crippen LogP contribution in [0.3, 0.4) is 0 Å². The highest BCUT2D eigenvalue weighted by molar-refractivity contribution is 9.09. The molecule has 1 heterocycles. The molecule has 0 radical (unpaired) electrons. The molecule has 0 aliphatic rings. The van der Waals surface area contributed by atoms with Gasteiger partial charge in [-0.05, 0) is 25.3 Å². The molecule has 1 atom stereocenters. The van der Waals surface area contributed by atoms with Crippen molar-refractivity contribution in [3.05, 3.63) is 23.7 Å².